The van der Waals surface area contributed by atoms with Crippen molar-refractivity contribution in [2.45, 2.75) is 44.4 Å². The average molecular weight is 614 g/mol. The number of carbonyl (C=O) groups excluding carboxylic acids is 5. The maximum Gasteiger partial charge on any atom is 0.295 e. The number of nitrogens with zero attached hydrogens (tertiary/aromatic N) is 5. The summed E-state index contributed by atoms with van der Waals surface area (Å²) in [7, 11) is 0. The monoisotopic (exact) mass is 613 g/mol. The second-order valence-corrected chi connectivity index (χ2v) is 11.0. The van der Waals surface area contributed by atoms with Crippen LogP contribution in [0.3, 0.4) is 0 Å². The van der Waals surface area contributed by atoms with Crippen LogP contribution in [0.4, 0.5) is 0 Å². The third kappa shape index (κ3) is 5.47. The first-order valence-electron chi connectivity index (χ1n) is 14.4. The Morgan fingerprint density at radius 3 is 2.18 bits per heavy atom. The number of rotatable bonds is 8. The Bertz CT molecular complexity index is 1830. The summed E-state index contributed by atoms with van der Waals surface area (Å²) in [6.45, 7) is 1.44. The number of fused-ring (bicyclic) bond motifs is 2. The molecule has 0 saturated carbocycles. The number of nitriles is 1. The minimum atomic E-state index is -1.97. The van der Waals surface area contributed by atoms with Crippen LogP contribution in [0.2, 0.25) is 0 Å². The van der Waals surface area contributed by atoms with E-state index in [9.17, 15) is 39.4 Å². The molecule has 45 heavy (non-hydrogen) atoms. The summed E-state index contributed by atoms with van der Waals surface area (Å²) in [4.78, 5) is 65.3. The fourth-order valence-corrected chi connectivity index (χ4v) is 5.82. The fourth-order valence-electron chi connectivity index (χ4n) is 5.82. The molecule has 3 aliphatic heterocycles. The molecule has 0 spiro atoms. The summed E-state index contributed by atoms with van der Waals surface area (Å²) < 4.78 is 12.4. The van der Waals surface area contributed by atoms with Gasteiger partial charge in [0.05, 0.1) is 42.5 Å². The maximum absolute atomic E-state index is 13.1. The van der Waals surface area contributed by atoms with E-state index in [0.29, 0.717) is 19.6 Å². The number of Topliss-reactive ketones (excluding diaryl/α,β-unsaturated/α-hetero) is 1. The molecule has 0 aliphatic carbocycles. The molecule has 0 bridgehead atoms. The highest BCUT2D eigenvalue weighted by Gasteiger charge is 2.39. The van der Waals surface area contributed by atoms with Gasteiger partial charge in [-0.25, -0.2) is 0 Å². The quantitative estimate of drug-likeness (QED) is 0.164. The molecule has 2 aromatic carbocycles. The molecule has 0 unspecified atom stereocenters. The Morgan fingerprint density at radius 2 is 1.51 bits per heavy atom. The molecule has 0 radical (unpaired) electrons. The summed E-state index contributed by atoms with van der Waals surface area (Å²) >= 11 is 0. The molecule has 4 amide bonds. The summed E-state index contributed by atoms with van der Waals surface area (Å²) in [5.41, 5.74) is -0.168. The van der Waals surface area contributed by atoms with Gasteiger partial charge in [0.1, 0.15) is 0 Å². The molecule has 3 atom stereocenters. The molecule has 1 aromatic heterocycles. The number of hydrogen-bond donors (Lipinski definition) is 2. The molecular formula is C31H27N5O9. The zero-order chi connectivity index (χ0) is 31.8. The van der Waals surface area contributed by atoms with Crippen molar-refractivity contribution in [2.75, 3.05) is 19.8 Å². The van der Waals surface area contributed by atoms with Crippen LogP contribution in [0.15, 0.2) is 46.6 Å². The number of ketones is 1. The van der Waals surface area contributed by atoms with Crippen LogP contribution >= 0.6 is 0 Å². The van der Waals surface area contributed by atoms with Crippen LogP contribution in [0, 0.1) is 17.2 Å². The van der Waals surface area contributed by atoms with E-state index in [1.54, 1.807) is 6.07 Å². The maximum atomic E-state index is 13.1. The summed E-state index contributed by atoms with van der Waals surface area (Å²) in [5.74, 6) is -6.85. The van der Waals surface area contributed by atoms with Gasteiger partial charge in [0.25, 0.3) is 23.6 Å². The molecule has 6 rings (SSSR count). The van der Waals surface area contributed by atoms with E-state index in [4.69, 9.17) is 9.47 Å². The molecule has 4 heterocycles. The van der Waals surface area contributed by atoms with E-state index in [2.05, 4.69) is 10.2 Å². The lowest BCUT2D eigenvalue weighted by atomic mass is 9.95. The van der Waals surface area contributed by atoms with Crippen molar-refractivity contribution in [3.05, 3.63) is 58.7 Å². The van der Waals surface area contributed by atoms with Crippen molar-refractivity contribution >= 4 is 40.2 Å². The minimum absolute atomic E-state index is 0.0286. The number of amides is 4. The first-order valence-corrected chi connectivity index (χ1v) is 14.4. The Hall–Kier alpha value is -5.26. The largest absolute Gasteiger partial charge is 0.494 e. The second-order valence-electron chi connectivity index (χ2n) is 11.0. The molecule has 14 heteroatoms. The van der Waals surface area contributed by atoms with Gasteiger partial charge >= 0.3 is 0 Å². The van der Waals surface area contributed by atoms with Crippen molar-refractivity contribution in [3.63, 3.8) is 0 Å². The van der Waals surface area contributed by atoms with Crippen LogP contribution in [0.1, 0.15) is 67.1 Å². The first-order chi connectivity index (χ1) is 21.7. The van der Waals surface area contributed by atoms with Gasteiger partial charge in [-0.2, -0.15) is 5.26 Å². The van der Waals surface area contributed by atoms with E-state index < -0.39 is 35.3 Å². The number of aromatic nitrogens is 1. The first kappa shape index (κ1) is 29.8. The van der Waals surface area contributed by atoms with Gasteiger partial charge in [0.15, 0.2) is 11.7 Å². The van der Waals surface area contributed by atoms with E-state index in [-0.39, 0.29) is 70.1 Å². The third-order valence-electron chi connectivity index (χ3n) is 8.21. The Kier molecular flexibility index (Phi) is 7.96. The summed E-state index contributed by atoms with van der Waals surface area (Å²) in [6, 6.07) is 9.26. The lowest BCUT2D eigenvalue weighted by molar-refractivity contribution is -0.119. The van der Waals surface area contributed by atoms with E-state index >= 15 is 0 Å². The molecule has 14 nitrogen and oxygen atoms in total. The molecule has 2 fully saturated rings. The second kappa shape index (κ2) is 12.0. The Labute approximate surface area is 255 Å². The van der Waals surface area contributed by atoms with Crippen molar-refractivity contribution < 1.29 is 43.7 Å². The standard InChI is InChI=1S/C31H27N5O9/c32-13-24(25(37)16-5-7-20-22(11-16)30(42)35(28(20)40)14-18-3-1-9-44-18)27(39)34-33-26(38)17-6-8-21-23(12-17)31(43)36(29(21)41)15-19-4-2-10-45-19/h5-8,11-12,18-19,24,41,43H,1-4,9-10,14-15H2/t18-,19-,24+/m1/s1. The zero-order valence-corrected chi connectivity index (χ0v) is 23.8. The van der Waals surface area contributed by atoms with E-state index in [0.717, 1.165) is 30.2 Å². The van der Waals surface area contributed by atoms with Crippen molar-refractivity contribution in [3.8, 4) is 17.8 Å². The topological polar surface area (TPSA) is 201 Å². The molecule has 3 aliphatic rings. The highest BCUT2D eigenvalue weighted by Crippen LogP contribution is 2.38. The van der Waals surface area contributed by atoms with Crippen LogP contribution in [0.5, 0.6) is 11.8 Å². The smallest absolute Gasteiger partial charge is 0.295 e. The fraction of sp³-hybridized carbons (Fsp3) is 0.355. The highest BCUT2D eigenvalue weighted by atomic mass is 16.5. The molecule has 2 saturated heterocycles. The normalized spacial score (nSPS) is 20.2. The van der Waals surface area contributed by atoms with Gasteiger partial charge in [-0.05, 0) is 56.0 Å². The number of hydrogen-bond acceptors (Lipinski definition) is 10. The van der Waals surface area contributed by atoms with Crippen molar-refractivity contribution in [1.82, 2.24) is 9.47 Å². The number of benzene rings is 2. The predicted molar refractivity (Wildman–Crippen MR) is 153 cm³/mol. The molecule has 3 aromatic rings. The van der Waals surface area contributed by atoms with Crippen LogP contribution in [0.25, 0.3) is 10.8 Å². The minimum Gasteiger partial charge on any atom is -0.494 e. The SMILES string of the molecule is N#C[C@H](C(=O)N=NC(=O)c1ccc2c(O)n(C[C@H]3CCCO3)c(O)c2c1)C(=O)c1ccc2c(c1)C(=O)N(C[C@H]1CCCO1)C2=O. The van der Waals surface area contributed by atoms with Gasteiger partial charge in [-0.1, -0.05) is 6.07 Å². The lowest BCUT2D eigenvalue weighted by Gasteiger charge is -2.17. The highest BCUT2D eigenvalue weighted by molar-refractivity contribution is 6.22. The third-order valence-corrected chi connectivity index (χ3v) is 8.21. The zero-order valence-electron chi connectivity index (χ0n) is 23.8. The summed E-state index contributed by atoms with van der Waals surface area (Å²) in [5, 5.41) is 38.0. The van der Waals surface area contributed by atoms with Crippen LogP contribution in [-0.2, 0) is 20.8 Å². The summed E-state index contributed by atoms with van der Waals surface area (Å²) in [6.07, 6.45) is 2.75. The number of carbonyl (C=O) groups is 5. The average Bonchev–Trinajstić information content (AvgIpc) is 3.85. The van der Waals surface area contributed by atoms with Gasteiger partial charge in [-0.15, -0.1) is 10.2 Å². The number of ether oxygens (including phenoxy) is 2. The number of aromatic hydroxyl groups is 2. The van der Waals surface area contributed by atoms with Gasteiger partial charge in [-0.3, -0.25) is 33.4 Å². The van der Waals surface area contributed by atoms with Gasteiger partial charge in [0, 0.05) is 35.1 Å². The van der Waals surface area contributed by atoms with E-state index in [1.807, 2.05) is 0 Å². The molecular weight excluding hydrogens is 586 g/mol. The van der Waals surface area contributed by atoms with Crippen molar-refractivity contribution in [2.24, 2.45) is 16.1 Å². The van der Waals surface area contributed by atoms with E-state index in [1.165, 1.54) is 34.9 Å². The molecule has 2 N–H and O–H groups in total. The van der Waals surface area contributed by atoms with Crippen molar-refractivity contribution in [1.29, 1.82) is 5.26 Å². The lowest BCUT2D eigenvalue weighted by Crippen LogP contribution is -2.36. The molecule has 230 valence electrons. The Morgan fingerprint density at radius 1 is 0.867 bits per heavy atom. The van der Waals surface area contributed by atoms with Crippen LogP contribution in [-0.4, -0.2) is 81.1 Å². The number of azo groups is 1. The van der Waals surface area contributed by atoms with Gasteiger partial charge < -0.3 is 19.7 Å². The Balaban J connectivity index is 1.16. The number of imide groups is 1. The predicted octanol–water partition coefficient (Wildman–Crippen LogP) is 3.15. The van der Waals surface area contributed by atoms with Crippen LogP contribution < -0.4 is 0 Å². The van der Waals surface area contributed by atoms with Gasteiger partial charge in [0.2, 0.25) is 11.8 Å².